The SMILES string of the molecule is CN(C)c1ccc(C(OCCOC(=O)CCC(C)(C#N)SC(=S)c2ccccc2)(c2ccccc2)c2ccccc2)cc1. The highest BCUT2D eigenvalue weighted by molar-refractivity contribution is 8.24. The second-order valence-corrected chi connectivity index (χ2v) is 12.7. The highest BCUT2D eigenvalue weighted by atomic mass is 32.2. The number of hydrogen-bond donors (Lipinski definition) is 0. The van der Waals surface area contributed by atoms with Gasteiger partial charge in [0.15, 0.2) is 0 Å². The van der Waals surface area contributed by atoms with E-state index in [0.717, 1.165) is 27.9 Å². The molecule has 43 heavy (non-hydrogen) atoms. The van der Waals surface area contributed by atoms with Crippen molar-refractivity contribution in [3.05, 3.63) is 138 Å². The second-order valence-electron chi connectivity index (χ2n) is 10.5. The number of carbonyl (C=O) groups excluding carboxylic acids is 1. The van der Waals surface area contributed by atoms with E-state index in [4.69, 9.17) is 21.7 Å². The molecule has 0 saturated carbocycles. The zero-order valence-corrected chi connectivity index (χ0v) is 26.4. The van der Waals surface area contributed by atoms with E-state index in [-0.39, 0.29) is 25.6 Å². The van der Waals surface area contributed by atoms with Crippen molar-refractivity contribution in [3.63, 3.8) is 0 Å². The van der Waals surface area contributed by atoms with Gasteiger partial charge in [0.25, 0.3) is 0 Å². The maximum absolute atomic E-state index is 12.8. The molecule has 0 bridgehead atoms. The molecule has 0 heterocycles. The number of ether oxygens (including phenoxy) is 2. The summed E-state index contributed by atoms with van der Waals surface area (Å²) in [5.74, 6) is -0.378. The van der Waals surface area contributed by atoms with Gasteiger partial charge in [0.1, 0.15) is 17.0 Å². The minimum atomic E-state index is -0.914. The Labute approximate surface area is 264 Å². The Morgan fingerprint density at radius 1 is 0.814 bits per heavy atom. The summed E-state index contributed by atoms with van der Waals surface area (Å²) in [6.45, 7) is 2.06. The van der Waals surface area contributed by atoms with Gasteiger partial charge in [-0.05, 0) is 47.7 Å². The Morgan fingerprint density at radius 3 is 1.84 bits per heavy atom. The van der Waals surface area contributed by atoms with Gasteiger partial charge in [0, 0.05) is 26.2 Å². The lowest BCUT2D eigenvalue weighted by Crippen LogP contribution is -2.34. The van der Waals surface area contributed by atoms with Crippen molar-refractivity contribution in [3.8, 4) is 6.07 Å². The minimum Gasteiger partial charge on any atom is -0.463 e. The lowest BCUT2D eigenvalue weighted by Gasteiger charge is -2.36. The summed E-state index contributed by atoms with van der Waals surface area (Å²) in [6, 6.07) is 40.4. The molecule has 4 aromatic rings. The Kier molecular flexibility index (Phi) is 11.1. The molecular weight excluding hydrogens is 573 g/mol. The third kappa shape index (κ3) is 8.11. The lowest BCUT2D eigenvalue weighted by atomic mass is 9.80. The van der Waals surface area contributed by atoms with Crippen molar-refractivity contribution in [1.29, 1.82) is 5.26 Å². The van der Waals surface area contributed by atoms with Crippen molar-refractivity contribution < 1.29 is 14.3 Å². The number of nitriles is 1. The normalized spacial score (nSPS) is 12.5. The van der Waals surface area contributed by atoms with Gasteiger partial charge in [-0.15, -0.1) is 0 Å². The highest BCUT2D eigenvalue weighted by Gasteiger charge is 2.37. The fraction of sp³-hybridized carbons (Fsp3) is 0.250. The summed E-state index contributed by atoms with van der Waals surface area (Å²) in [5.41, 5.74) is 3.98. The van der Waals surface area contributed by atoms with Crippen LogP contribution in [0.25, 0.3) is 0 Å². The number of esters is 1. The Balaban J connectivity index is 1.46. The van der Waals surface area contributed by atoms with Crippen LogP contribution < -0.4 is 4.90 Å². The van der Waals surface area contributed by atoms with E-state index in [2.05, 4.69) is 59.5 Å². The first kappa shape index (κ1) is 32.0. The Morgan fingerprint density at radius 2 is 1.33 bits per heavy atom. The largest absolute Gasteiger partial charge is 0.463 e. The topological polar surface area (TPSA) is 62.6 Å². The average molecular weight is 609 g/mol. The summed E-state index contributed by atoms with van der Waals surface area (Å²) in [5, 5.41) is 9.86. The number of hydrogen-bond acceptors (Lipinski definition) is 7. The van der Waals surface area contributed by atoms with Crippen LogP contribution in [0.3, 0.4) is 0 Å². The second kappa shape index (κ2) is 15.0. The molecule has 0 aliphatic rings. The van der Waals surface area contributed by atoms with Crippen LogP contribution in [-0.2, 0) is 19.9 Å². The molecule has 7 heteroatoms. The summed E-state index contributed by atoms with van der Waals surface area (Å²) in [4.78, 5) is 14.8. The van der Waals surface area contributed by atoms with Gasteiger partial charge in [0.05, 0.1) is 16.9 Å². The number of carbonyl (C=O) groups is 1. The van der Waals surface area contributed by atoms with Gasteiger partial charge in [-0.3, -0.25) is 4.79 Å². The van der Waals surface area contributed by atoms with Crippen LogP contribution in [0.15, 0.2) is 115 Å². The van der Waals surface area contributed by atoms with Gasteiger partial charge >= 0.3 is 5.97 Å². The molecule has 0 aromatic heterocycles. The van der Waals surface area contributed by atoms with E-state index in [9.17, 15) is 10.1 Å². The van der Waals surface area contributed by atoms with Crippen LogP contribution >= 0.6 is 24.0 Å². The molecule has 0 saturated heterocycles. The maximum Gasteiger partial charge on any atom is 0.305 e. The molecule has 0 amide bonds. The number of thioether (sulfide) groups is 1. The van der Waals surface area contributed by atoms with Crippen LogP contribution in [0.2, 0.25) is 0 Å². The van der Waals surface area contributed by atoms with Crippen LogP contribution in [0, 0.1) is 11.3 Å². The molecule has 4 rings (SSSR count). The zero-order chi connectivity index (χ0) is 30.7. The van der Waals surface area contributed by atoms with Crippen LogP contribution in [0.5, 0.6) is 0 Å². The third-order valence-corrected chi connectivity index (χ3v) is 8.84. The first-order chi connectivity index (χ1) is 20.8. The van der Waals surface area contributed by atoms with E-state index >= 15 is 0 Å². The summed E-state index contributed by atoms with van der Waals surface area (Å²) in [6.07, 6.45) is 0.417. The lowest BCUT2D eigenvalue weighted by molar-refractivity contribution is -0.146. The number of thiocarbonyl (C=S) groups is 1. The smallest absolute Gasteiger partial charge is 0.305 e. The van der Waals surface area contributed by atoms with Gasteiger partial charge < -0.3 is 14.4 Å². The van der Waals surface area contributed by atoms with Crippen LogP contribution in [0.1, 0.15) is 42.0 Å². The first-order valence-corrected chi connectivity index (χ1v) is 15.4. The van der Waals surface area contributed by atoms with E-state index in [0.29, 0.717) is 10.6 Å². The van der Waals surface area contributed by atoms with Gasteiger partial charge in [-0.25, -0.2) is 0 Å². The van der Waals surface area contributed by atoms with Crippen molar-refractivity contribution in [2.75, 3.05) is 32.2 Å². The highest BCUT2D eigenvalue weighted by Crippen LogP contribution is 2.41. The molecular formula is C36H36N2O3S2. The van der Waals surface area contributed by atoms with E-state index in [1.54, 1.807) is 6.92 Å². The van der Waals surface area contributed by atoms with Gasteiger partial charge in [-0.2, -0.15) is 5.26 Å². The van der Waals surface area contributed by atoms with Crippen molar-refractivity contribution in [2.24, 2.45) is 0 Å². The average Bonchev–Trinajstić information content (AvgIpc) is 3.05. The quantitative estimate of drug-likeness (QED) is 0.0665. The molecule has 1 unspecified atom stereocenters. The van der Waals surface area contributed by atoms with Gasteiger partial charge in [-0.1, -0.05) is 127 Å². The predicted molar refractivity (Wildman–Crippen MR) is 179 cm³/mol. The summed E-state index contributed by atoms with van der Waals surface area (Å²) < 4.78 is 12.1. The molecule has 0 aliphatic carbocycles. The van der Waals surface area contributed by atoms with Crippen LogP contribution in [0.4, 0.5) is 5.69 Å². The third-order valence-electron chi connectivity index (χ3n) is 7.19. The van der Waals surface area contributed by atoms with Crippen molar-refractivity contribution >= 4 is 39.8 Å². The molecule has 220 valence electrons. The molecule has 0 aliphatic heterocycles. The fourth-order valence-corrected chi connectivity index (χ4v) is 6.42. The monoisotopic (exact) mass is 608 g/mol. The number of rotatable bonds is 13. The molecule has 4 aromatic carbocycles. The number of anilines is 1. The van der Waals surface area contributed by atoms with Crippen molar-refractivity contribution in [2.45, 2.75) is 30.1 Å². The minimum absolute atomic E-state index is 0.0782. The van der Waals surface area contributed by atoms with Gasteiger partial charge in [0.2, 0.25) is 0 Å². The Bertz CT molecular complexity index is 1480. The molecule has 1 atom stereocenters. The van der Waals surface area contributed by atoms with Crippen molar-refractivity contribution in [1.82, 2.24) is 0 Å². The van der Waals surface area contributed by atoms with Crippen LogP contribution in [-0.4, -0.2) is 42.2 Å². The molecule has 0 spiro atoms. The molecule has 0 radical (unpaired) electrons. The maximum atomic E-state index is 12.8. The standard InChI is InChI=1S/C36H36N2O3S2/c1-35(27-37,43-34(42)28-13-7-4-8-14-28)24-23-33(39)40-25-26-41-36(29-15-9-5-10-16-29,30-17-11-6-12-18-30)31-19-21-32(22-20-31)38(2)3/h4-22H,23-26H2,1-3H3. The summed E-state index contributed by atoms with van der Waals surface area (Å²) in [7, 11) is 4.02. The Hall–Kier alpha value is -3.96. The fourth-order valence-electron chi connectivity index (χ4n) is 4.82. The van der Waals surface area contributed by atoms with E-state index in [1.807, 2.05) is 80.8 Å². The summed E-state index contributed by atoms with van der Waals surface area (Å²) >= 11 is 6.86. The number of nitrogens with zero attached hydrogens (tertiary/aromatic N) is 2. The predicted octanol–water partition coefficient (Wildman–Crippen LogP) is 7.78. The molecule has 5 nitrogen and oxygen atoms in total. The first-order valence-electron chi connectivity index (χ1n) is 14.2. The van der Waals surface area contributed by atoms with E-state index in [1.165, 1.54) is 11.8 Å². The molecule has 0 fully saturated rings. The van der Waals surface area contributed by atoms with E-state index < -0.39 is 10.3 Å². The zero-order valence-electron chi connectivity index (χ0n) is 24.7. The number of benzene rings is 4. The molecule has 0 N–H and O–H groups in total.